The molecule has 1 aliphatic carbocycles. The van der Waals surface area contributed by atoms with Crippen LogP contribution in [0.4, 0.5) is 0 Å². The van der Waals surface area contributed by atoms with Gasteiger partial charge in [-0.1, -0.05) is 45.9 Å². The Hall–Kier alpha value is -1.02. The Morgan fingerprint density at radius 3 is 2.25 bits per heavy atom. The van der Waals surface area contributed by atoms with E-state index in [0.717, 1.165) is 30.6 Å². The Bertz CT molecular complexity index is 500. The van der Waals surface area contributed by atoms with Gasteiger partial charge in [-0.05, 0) is 36.2 Å². The number of fused-ring (bicyclic) bond motifs is 1. The summed E-state index contributed by atoms with van der Waals surface area (Å²) in [6.45, 7) is 9.30. The lowest BCUT2D eigenvalue weighted by Gasteiger charge is -2.54. The minimum absolute atomic E-state index is 0.209. The van der Waals surface area contributed by atoms with E-state index in [2.05, 4.69) is 27.7 Å². The number of ether oxygens (including phenoxy) is 1. The highest BCUT2D eigenvalue weighted by Crippen LogP contribution is 2.56. The van der Waals surface area contributed by atoms with Crippen molar-refractivity contribution < 1.29 is 9.84 Å². The summed E-state index contributed by atoms with van der Waals surface area (Å²) in [5.74, 6) is 0.875. The van der Waals surface area contributed by atoms with Crippen molar-refractivity contribution in [1.29, 1.82) is 0 Å². The second-order valence-electron chi connectivity index (χ2n) is 8.40. The third-order valence-corrected chi connectivity index (χ3v) is 4.73. The third kappa shape index (κ3) is 2.46. The average Bonchev–Trinajstić information content (AvgIpc) is 2.23. The molecule has 1 atom stereocenters. The Morgan fingerprint density at radius 2 is 1.60 bits per heavy atom. The highest BCUT2D eigenvalue weighted by molar-refractivity contribution is 5.38. The zero-order chi connectivity index (χ0) is 14.6. The van der Waals surface area contributed by atoms with Crippen LogP contribution in [-0.4, -0.2) is 10.7 Å². The van der Waals surface area contributed by atoms with E-state index in [1.165, 1.54) is 6.42 Å². The lowest BCUT2D eigenvalue weighted by atomic mass is 9.58. The Balaban J connectivity index is 1.98. The van der Waals surface area contributed by atoms with E-state index >= 15 is 0 Å². The van der Waals surface area contributed by atoms with Gasteiger partial charge in [0, 0.05) is 12.0 Å². The van der Waals surface area contributed by atoms with Crippen molar-refractivity contribution in [2.75, 3.05) is 0 Å². The van der Waals surface area contributed by atoms with Gasteiger partial charge in [0.15, 0.2) is 0 Å². The quantitative estimate of drug-likeness (QED) is 0.756. The predicted octanol–water partition coefficient (Wildman–Crippen LogP) is 4.48. The number of hydrogen-bond acceptors (Lipinski definition) is 2. The van der Waals surface area contributed by atoms with Crippen LogP contribution in [0.3, 0.4) is 0 Å². The second-order valence-corrected chi connectivity index (χ2v) is 8.40. The lowest BCUT2D eigenvalue weighted by Crippen LogP contribution is -2.52. The first-order chi connectivity index (χ1) is 9.21. The fourth-order valence-corrected chi connectivity index (χ4v) is 5.03. The summed E-state index contributed by atoms with van der Waals surface area (Å²) in [4.78, 5) is 0. The summed E-state index contributed by atoms with van der Waals surface area (Å²) in [5.41, 5.74) is 1.25. The molecule has 1 N–H and O–H groups in total. The fourth-order valence-electron chi connectivity index (χ4n) is 5.03. The largest absolute Gasteiger partial charge is 0.487 e. The van der Waals surface area contributed by atoms with Crippen LogP contribution in [0.2, 0.25) is 0 Å². The van der Waals surface area contributed by atoms with E-state index in [-0.39, 0.29) is 16.4 Å². The molecule has 2 aliphatic rings. The molecule has 110 valence electrons. The molecule has 0 saturated heterocycles. The highest BCUT2D eigenvalue weighted by atomic mass is 16.5. The molecular formula is C18H26O2. The zero-order valence-corrected chi connectivity index (χ0v) is 13.1. The Morgan fingerprint density at radius 1 is 1.00 bits per heavy atom. The van der Waals surface area contributed by atoms with Gasteiger partial charge in [0.1, 0.15) is 11.4 Å². The van der Waals surface area contributed by atoms with Crippen LogP contribution in [-0.2, 0) is 0 Å². The van der Waals surface area contributed by atoms with Gasteiger partial charge in [0.2, 0.25) is 0 Å². The molecule has 0 aromatic heterocycles. The molecule has 1 spiro atoms. The molecule has 1 saturated carbocycles. The van der Waals surface area contributed by atoms with Gasteiger partial charge in [-0.15, -0.1) is 0 Å². The van der Waals surface area contributed by atoms with E-state index in [4.69, 9.17) is 4.74 Å². The molecule has 20 heavy (non-hydrogen) atoms. The molecule has 1 fully saturated rings. The summed E-state index contributed by atoms with van der Waals surface area (Å²) in [7, 11) is 0. The van der Waals surface area contributed by atoms with Crippen molar-refractivity contribution >= 4 is 0 Å². The normalized spacial score (nSPS) is 29.6. The fraction of sp³-hybridized carbons (Fsp3) is 0.667. The molecule has 1 aromatic carbocycles. The third-order valence-electron chi connectivity index (χ3n) is 4.73. The van der Waals surface area contributed by atoms with Gasteiger partial charge in [-0.3, -0.25) is 0 Å². The van der Waals surface area contributed by atoms with Gasteiger partial charge in [0.25, 0.3) is 0 Å². The number of rotatable bonds is 0. The van der Waals surface area contributed by atoms with Crippen molar-refractivity contribution in [2.45, 2.75) is 65.1 Å². The minimum Gasteiger partial charge on any atom is -0.487 e. The van der Waals surface area contributed by atoms with Crippen molar-refractivity contribution in [1.82, 2.24) is 0 Å². The van der Waals surface area contributed by atoms with Crippen LogP contribution in [0.5, 0.6) is 5.75 Å². The van der Waals surface area contributed by atoms with E-state index in [1.807, 2.05) is 24.3 Å². The molecule has 2 heteroatoms. The summed E-state index contributed by atoms with van der Waals surface area (Å²) < 4.78 is 6.44. The molecule has 1 unspecified atom stereocenters. The van der Waals surface area contributed by atoms with E-state index in [0.29, 0.717) is 0 Å². The first kappa shape index (κ1) is 13.9. The monoisotopic (exact) mass is 274 g/mol. The van der Waals surface area contributed by atoms with Gasteiger partial charge in [-0.2, -0.15) is 0 Å². The van der Waals surface area contributed by atoms with E-state index in [1.54, 1.807) is 0 Å². The van der Waals surface area contributed by atoms with E-state index in [9.17, 15) is 5.11 Å². The molecule has 1 aromatic rings. The lowest BCUT2D eigenvalue weighted by molar-refractivity contribution is -0.104. The van der Waals surface area contributed by atoms with Crippen LogP contribution in [0.15, 0.2) is 24.3 Å². The zero-order valence-electron chi connectivity index (χ0n) is 13.1. The molecule has 2 nitrogen and oxygen atoms in total. The molecule has 1 heterocycles. The van der Waals surface area contributed by atoms with Crippen molar-refractivity contribution in [2.24, 2.45) is 10.8 Å². The van der Waals surface area contributed by atoms with E-state index < -0.39 is 6.10 Å². The Kier molecular flexibility index (Phi) is 2.95. The number of aliphatic hydroxyl groups is 1. The molecular weight excluding hydrogens is 248 g/mol. The average molecular weight is 274 g/mol. The maximum atomic E-state index is 10.5. The number of aliphatic hydroxyl groups excluding tert-OH is 1. The van der Waals surface area contributed by atoms with Crippen molar-refractivity contribution in [3.05, 3.63) is 29.8 Å². The van der Waals surface area contributed by atoms with Crippen LogP contribution in [0, 0.1) is 10.8 Å². The number of hydrogen-bond donors (Lipinski definition) is 1. The molecule has 0 amide bonds. The first-order valence-corrected chi connectivity index (χ1v) is 7.67. The number of benzene rings is 1. The number of para-hydroxylation sites is 1. The first-order valence-electron chi connectivity index (χ1n) is 7.67. The smallest absolute Gasteiger partial charge is 0.125 e. The molecule has 0 bridgehead atoms. The summed E-state index contributed by atoms with van der Waals surface area (Å²) in [6.07, 6.45) is 3.58. The van der Waals surface area contributed by atoms with Crippen LogP contribution < -0.4 is 4.74 Å². The Labute approximate surface area is 122 Å². The summed E-state index contributed by atoms with van der Waals surface area (Å²) >= 11 is 0. The molecule has 3 rings (SSSR count). The van der Waals surface area contributed by atoms with Gasteiger partial charge >= 0.3 is 0 Å². The second kappa shape index (κ2) is 4.24. The SMILES string of the molecule is CC1(C)CC(C)(C)CC2(CC(O)c3ccccc3O2)C1. The standard InChI is InChI=1S/C18H26O2/c1-16(2)10-17(3,4)12-18(11-16)9-14(19)13-7-5-6-8-15(13)20-18/h5-8,14,19H,9-12H2,1-4H3. The van der Waals surface area contributed by atoms with Gasteiger partial charge in [0.05, 0.1) is 6.10 Å². The van der Waals surface area contributed by atoms with Crippen LogP contribution in [0.1, 0.15) is 65.0 Å². The maximum absolute atomic E-state index is 10.5. The molecule has 0 radical (unpaired) electrons. The van der Waals surface area contributed by atoms with Crippen molar-refractivity contribution in [3.63, 3.8) is 0 Å². The van der Waals surface area contributed by atoms with Crippen LogP contribution >= 0.6 is 0 Å². The predicted molar refractivity (Wildman–Crippen MR) is 80.8 cm³/mol. The molecule has 1 aliphatic heterocycles. The van der Waals surface area contributed by atoms with Crippen molar-refractivity contribution in [3.8, 4) is 5.75 Å². The van der Waals surface area contributed by atoms with Crippen LogP contribution in [0.25, 0.3) is 0 Å². The van der Waals surface area contributed by atoms with Gasteiger partial charge in [-0.25, -0.2) is 0 Å². The summed E-state index contributed by atoms with van der Waals surface area (Å²) in [5, 5.41) is 10.5. The summed E-state index contributed by atoms with van der Waals surface area (Å²) in [6, 6.07) is 7.93. The topological polar surface area (TPSA) is 29.5 Å². The minimum atomic E-state index is -0.398. The highest BCUT2D eigenvalue weighted by Gasteiger charge is 2.51. The maximum Gasteiger partial charge on any atom is 0.125 e. The van der Waals surface area contributed by atoms with Gasteiger partial charge < -0.3 is 9.84 Å².